The number of nitrogens with one attached hydrogen (secondary N) is 1. The van der Waals surface area contributed by atoms with Crippen LogP contribution in [0.15, 0.2) is 48.8 Å². The van der Waals surface area contributed by atoms with Crippen molar-refractivity contribution in [1.29, 1.82) is 0 Å². The minimum atomic E-state index is -0.422. The van der Waals surface area contributed by atoms with Crippen LogP contribution in [0.4, 0.5) is 11.5 Å². The number of nitrogens with two attached hydrogens (primary N) is 1. The van der Waals surface area contributed by atoms with Gasteiger partial charge in [0.25, 0.3) is 0 Å². The van der Waals surface area contributed by atoms with Gasteiger partial charge in [-0.1, -0.05) is 6.07 Å². The third-order valence-corrected chi connectivity index (χ3v) is 4.49. The molecular formula is C22H24N4O5. The smallest absolute Gasteiger partial charge is 0.337 e. The van der Waals surface area contributed by atoms with Crippen LogP contribution in [0.2, 0.25) is 0 Å². The number of rotatable bonds is 9. The van der Waals surface area contributed by atoms with Crippen molar-refractivity contribution in [1.82, 2.24) is 9.97 Å². The molecule has 0 amide bonds. The van der Waals surface area contributed by atoms with E-state index in [2.05, 4.69) is 20.0 Å². The van der Waals surface area contributed by atoms with E-state index < -0.39 is 5.97 Å². The van der Waals surface area contributed by atoms with Gasteiger partial charge in [0, 0.05) is 6.54 Å². The van der Waals surface area contributed by atoms with Crippen LogP contribution < -0.4 is 25.3 Å². The zero-order chi connectivity index (χ0) is 22.2. The van der Waals surface area contributed by atoms with Crippen molar-refractivity contribution < 1.29 is 23.7 Å². The summed E-state index contributed by atoms with van der Waals surface area (Å²) in [7, 11) is 4.53. The molecule has 9 nitrogen and oxygen atoms in total. The van der Waals surface area contributed by atoms with Gasteiger partial charge >= 0.3 is 5.97 Å². The average Bonchev–Trinajstić information content (AvgIpc) is 2.81. The molecule has 3 rings (SSSR count). The first-order chi connectivity index (χ1) is 15.0. The lowest BCUT2D eigenvalue weighted by Crippen LogP contribution is -2.10. The highest BCUT2D eigenvalue weighted by atomic mass is 16.5. The second-order valence-corrected chi connectivity index (χ2v) is 6.43. The highest BCUT2D eigenvalue weighted by Crippen LogP contribution is 2.30. The fourth-order valence-electron chi connectivity index (χ4n) is 2.85. The van der Waals surface area contributed by atoms with E-state index in [1.54, 1.807) is 38.5 Å². The molecule has 162 valence electrons. The molecule has 0 radical (unpaired) electrons. The number of nitrogens with zero attached hydrogens (tertiary/aromatic N) is 2. The number of carbonyl (C=O) groups excluding carboxylic acids is 1. The van der Waals surface area contributed by atoms with Gasteiger partial charge in [-0.05, 0) is 48.4 Å². The molecule has 0 aliphatic rings. The van der Waals surface area contributed by atoms with E-state index in [1.807, 2.05) is 18.2 Å². The molecule has 2 aromatic carbocycles. The first kappa shape index (κ1) is 21.7. The van der Waals surface area contributed by atoms with E-state index in [0.717, 1.165) is 12.0 Å². The van der Waals surface area contributed by atoms with Gasteiger partial charge < -0.3 is 30.0 Å². The Morgan fingerprint density at radius 1 is 1.00 bits per heavy atom. The second-order valence-electron chi connectivity index (χ2n) is 6.43. The van der Waals surface area contributed by atoms with Crippen LogP contribution in [-0.4, -0.2) is 43.8 Å². The zero-order valence-corrected chi connectivity index (χ0v) is 17.5. The van der Waals surface area contributed by atoms with Crippen molar-refractivity contribution in [3.8, 4) is 23.1 Å². The fourth-order valence-corrected chi connectivity index (χ4v) is 2.85. The van der Waals surface area contributed by atoms with Crippen molar-refractivity contribution in [3.05, 3.63) is 59.9 Å². The summed E-state index contributed by atoms with van der Waals surface area (Å²) in [5.74, 6) is 2.10. The molecule has 9 heteroatoms. The number of benzene rings is 2. The largest absolute Gasteiger partial charge is 0.493 e. The van der Waals surface area contributed by atoms with Crippen LogP contribution in [-0.2, 0) is 11.2 Å². The molecule has 0 aliphatic carbocycles. The topological polar surface area (TPSA) is 118 Å². The number of methoxy groups -OCH3 is 3. The lowest BCUT2D eigenvalue weighted by molar-refractivity contribution is 0.0600. The van der Waals surface area contributed by atoms with E-state index in [1.165, 1.54) is 13.4 Å². The number of nitrogen functional groups attached to an aromatic ring is 1. The molecule has 0 spiro atoms. The Balaban J connectivity index is 1.63. The molecule has 0 saturated carbocycles. The van der Waals surface area contributed by atoms with Gasteiger partial charge in [-0.15, -0.1) is 0 Å². The fraction of sp³-hybridized carbons (Fsp3) is 0.227. The summed E-state index contributed by atoms with van der Waals surface area (Å²) in [6.45, 7) is 0.587. The van der Waals surface area contributed by atoms with Gasteiger partial charge in [0.15, 0.2) is 17.3 Å². The maximum Gasteiger partial charge on any atom is 0.337 e. The van der Waals surface area contributed by atoms with Crippen molar-refractivity contribution >= 4 is 17.5 Å². The van der Waals surface area contributed by atoms with Crippen LogP contribution in [0.5, 0.6) is 23.1 Å². The lowest BCUT2D eigenvalue weighted by atomic mass is 10.1. The average molecular weight is 424 g/mol. The Labute approximate surface area is 180 Å². The number of ether oxygens (including phenoxy) is 4. The summed E-state index contributed by atoms with van der Waals surface area (Å²) >= 11 is 0. The number of esters is 1. The quantitative estimate of drug-likeness (QED) is 0.499. The van der Waals surface area contributed by atoms with Crippen LogP contribution >= 0.6 is 0 Å². The summed E-state index contributed by atoms with van der Waals surface area (Å²) in [6.07, 6.45) is 2.09. The number of aromatic nitrogens is 2. The minimum Gasteiger partial charge on any atom is -0.493 e. The monoisotopic (exact) mass is 424 g/mol. The van der Waals surface area contributed by atoms with E-state index in [-0.39, 0.29) is 11.6 Å². The molecule has 3 N–H and O–H groups in total. The maximum atomic E-state index is 11.5. The Hall–Kier alpha value is -4.01. The van der Waals surface area contributed by atoms with Crippen LogP contribution in [0.1, 0.15) is 15.9 Å². The van der Waals surface area contributed by atoms with Crippen LogP contribution in [0, 0.1) is 0 Å². The predicted molar refractivity (Wildman–Crippen MR) is 116 cm³/mol. The van der Waals surface area contributed by atoms with Gasteiger partial charge in [0.05, 0.1) is 26.9 Å². The van der Waals surface area contributed by atoms with Crippen molar-refractivity contribution in [2.75, 3.05) is 38.9 Å². The third-order valence-electron chi connectivity index (χ3n) is 4.49. The molecule has 0 bridgehead atoms. The highest BCUT2D eigenvalue weighted by Gasteiger charge is 2.12. The standard InChI is InChI=1S/C22H24N4O5/c1-28-17-9-4-14(12-18(17)29-2)10-11-24-20-19(23)21(26-13-25-20)31-16-7-5-15(6-8-16)22(27)30-3/h4-9,12-13H,10-11,23H2,1-3H3,(H,24,25,26). The molecule has 0 saturated heterocycles. The Morgan fingerprint density at radius 2 is 1.74 bits per heavy atom. The summed E-state index contributed by atoms with van der Waals surface area (Å²) < 4.78 is 21.0. The molecule has 0 atom stereocenters. The molecule has 1 aromatic heterocycles. The number of anilines is 2. The van der Waals surface area contributed by atoms with E-state index in [9.17, 15) is 4.79 Å². The molecule has 0 fully saturated rings. The zero-order valence-electron chi connectivity index (χ0n) is 17.5. The summed E-state index contributed by atoms with van der Waals surface area (Å²) in [5.41, 5.74) is 7.94. The first-order valence-corrected chi connectivity index (χ1v) is 9.47. The normalized spacial score (nSPS) is 10.3. The number of carbonyl (C=O) groups is 1. The van der Waals surface area contributed by atoms with E-state index in [4.69, 9.17) is 19.9 Å². The molecule has 1 heterocycles. The van der Waals surface area contributed by atoms with Crippen molar-refractivity contribution in [2.45, 2.75) is 6.42 Å². The highest BCUT2D eigenvalue weighted by molar-refractivity contribution is 5.89. The Bertz CT molecular complexity index is 1040. The molecular weight excluding hydrogens is 400 g/mol. The molecule has 0 aliphatic heterocycles. The molecule has 31 heavy (non-hydrogen) atoms. The van der Waals surface area contributed by atoms with Crippen LogP contribution in [0.3, 0.4) is 0 Å². The third kappa shape index (κ3) is 5.33. The van der Waals surface area contributed by atoms with Crippen molar-refractivity contribution in [3.63, 3.8) is 0 Å². The van der Waals surface area contributed by atoms with Gasteiger partial charge in [-0.2, -0.15) is 4.98 Å². The predicted octanol–water partition coefficient (Wildman–Crippen LogP) is 3.31. The minimum absolute atomic E-state index is 0.217. The Morgan fingerprint density at radius 3 is 2.42 bits per heavy atom. The van der Waals surface area contributed by atoms with Gasteiger partial charge in [-0.3, -0.25) is 0 Å². The van der Waals surface area contributed by atoms with Gasteiger partial charge in [-0.25, -0.2) is 9.78 Å². The van der Waals surface area contributed by atoms with Crippen LogP contribution in [0.25, 0.3) is 0 Å². The SMILES string of the molecule is COC(=O)c1ccc(Oc2ncnc(NCCc3ccc(OC)c(OC)c3)c2N)cc1. The van der Waals surface area contributed by atoms with Gasteiger partial charge in [0.2, 0.25) is 5.88 Å². The number of hydrogen-bond donors (Lipinski definition) is 2. The van der Waals surface area contributed by atoms with Gasteiger partial charge in [0.1, 0.15) is 17.8 Å². The summed E-state index contributed by atoms with van der Waals surface area (Å²) in [5, 5.41) is 3.20. The van der Waals surface area contributed by atoms with E-state index in [0.29, 0.717) is 35.2 Å². The second kappa shape index (κ2) is 10.1. The molecule has 3 aromatic rings. The molecule has 0 unspecified atom stereocenters. The Kier molecular flexibility index (Phi) is 7.10. The van der Waals surface area contributed by atoms with E-state index >= 15 is 0 Å². The lowest BCUT2D eigenvalue weighted by Gasteiger charge is -2.13. The summed E-state index contributed by atoms with van der Waals surface area (Å²) in [4.78, 5) is 19.8. The maximum absolute atomic E-state index is 11.5. The summed E-state index contributed by atoms with van der Waals surface area (Å²) in [6, 6.07) is 12.2. The van der Waals surface area contributed by atoms with Crippen molar-refractivity contribution in [2.24, 2.45) is 0 Å². The first-order valence-electron chi connectivity index (χ1n) is 9.47. The number of hydrogen-bond acceptors (Lipinski definition) is 9.